The third kappa shape index (κ3) is 3.88. The molecule has 2 fully saturated rings. The van der Waals surface area contributed by atoms with E-state index in [2.05, 4.69) is 0 Å². The summed E-state index contributed by atoms with van der Waals surface area (Å²) in [5, 5.41) is 9.55. The summed E-state index contributed by atoms with van der Waals surface area (Å²) in [6.45, 7) is 4.52. The van der Waals surface area contributed by atoms with Crippen molar-refractivity contribution in [2.45, 2.75) is 51.6 Å². The van der Waals surface area contributed by atoms with Crippen LogP contribution in [0.5, 0.6) is 0 Å². The lowest BCUT2D eigenvalue weighted by Crippen LogP contribution is -2.61. The zero-order valence-corrected chi connectivity index (χ0v) is 14.7. The first-order valence-corrected chi connectivity index (χ1v) is 8.68. The van der Waals surface area contributed by atoms with E-state index in [0.29, 0.717) is 13.1 Å². The number of carboxylic acids is 1. The van der Waals surface area contributed by atoms with E-state index in [1.165, 1.54) is 7.11 Å². The quantitative estimate of drug-likeness (QED) is 0.754. The number of aliphatic carboxylic acids is 1. The summed E-state index contributed by atoms with van der Waals surface area (Å²) in [4.78, 5) is 40.0. The monoisotopic (exact) mass is 340 g/mol. The molecule has 136 valence electrons. The molecule has 0 aromatic rings. The van der Waals surface area contributed by atoms with Crippen molar-refractivity contribution < 1.29 is 24.2 Å². The smallest absolute Gasteiger partial charge is 0.316 e. The van der Waals surface area contributed by atoms with Crippen LogP contribution in [0.2, 0.25) is 0 Å². The van der Waals surface area contributed by atoms with E-state index in [1.54, 1.807) is 9.80 Å². The molecule has 24 heavy (non-hydrogen) atoms. The van der Waals surface area contributed by atoms with E-state index in [1.807, 2.05) is 13.8 Å². The van der Waals surface area contributed by atoms with E-state index < -0.39 is 11.9 Å². The Labute approximate surface area is 142 Å². The van der Waals surface area contributed by atoms with Crippen LogP contribution in [0.15, 0.2) is 0 Å². The topological polar surface area (TPSA) is 87.2 Å². The Kier molecular flexibility index (Phi) is 6.21. The van der Waals surface area contributed by atoms with E-state index in [9.17, 15) is 19.5 Å². The molecule has 3 atom stereocenters. The molecule has 0 spiro atoms. The van der Waals surface area contributed by atoms with Gasteiger partial charge in [0.2, 0.25) is 11.8 Å². The second-order valence-electron chi connectivity index (χ2n) is 7.04. The molecule has 1 saturated carbocycles. The third-order valence-electron chi connectivity index (χ3n) is 5.19. The highest BCUT2D eigenvalue weighted by Gasteiger charge is 2.42. The fraction of sp³-hybridized carbons (Fsp3) is 0.824. The van der Waals surface area contributed by atoms with Gasteiger partial charge in [0.15, 0.2) is 0 Å². The van der Waals surface area contributed by atoms with Gasteiger partial charge in [0.05, 0.1) is 0 Å². The number of carboxylic acid groups (broad SMARTS) is 1. The van der Waals surface area contributed by atoms with Crippen molar-refractivity contribution >= 4 is 17.8 Å². The molecule has 2 rings (SSSR count). The average Bonchev–Trinajstić information content (AvgIpc) is 3.00. The average molecular weight is 340 g/mol. The molecule has 3 unspecified atom stereocenters. The van der Waals surface area contributed by atoms with Crippen molar-refractivity contribution in [3.05, 3.63) is 0 Å². The summed E-state index contributed by atoms with van der Waals surface area (Å²) in [6.07, 6.45) is 3.60. The van der Waals surface area contributed by atoms with Crippen molar-refractivity contribution in [3.63, 3.8) is 0 Å². The van der Waals surface area contributed by atoms with Gasteiger partial charge in [0, 0.05) is 32.3 Å². The molecule has 0 aromatic heterocycles. The van der Waals surface area contributed by atoms with E-state index in [-0.39, 0.29) is 36.4 Å². The second-order valence-corrected chi connectivity index (χ2v) is 7.04. The molecule has 0 aromatic carbocycles. The molecular weight excluding hydrogens is 312 g/mol. The minimum Gasteiger partial charge on any atom is -0.481 e. The first-order chi connectivity index (χ1) is 11.4. The van der Waals surface area contributed by atoms with Gasteiger partial charge in [-0.05, 0) is 32.6 Å². The van der Waals surface area contributed by atoms with Gasteiger partial charge in [-0.3, -0.25) is 14.4 Å². The Morgan fingerprint density at radius 3 is 2.12 bits per heavy atom. The summed E-state index contributed by atoms with van der Waals surface area (Å²) in [6, 6.07) is -0.309. The Morgan fingerprint density at radius 1 is 1.12 bits per heavy atom. The van der Waals surface area contributed by atoms with Gasteiger partial charge in [-0.25, -0.2) is 0 Å². The zero-order chi connectivity index (χ0) is 17.9. The van der Waals surface area contributed by atoms with Gasteiger partial charge in [-0.15, -0.1) is 0 Å². The van der Waals surface area contributed by atoms with Gasteiger partial charge in [0.25, 0.3) is 0 Å². The molecule has 1 aliphatic carbocycles. The van der Waals surface area contributed by atoms with Gasteiger partial charge in [0.1, 0.15) is 12.5 Å². The molecule has 1 aliphatic heterocycles. The minimum absolute atomic E-state index is 0.0163. The van der Waals surface area contributed by atoms with Crippen molar-refractivity contribution in [2.75, 3.05) is 26.8 Å². The number of hydrogen-bond donors (Lipinski definition) is 1. The highest BCUT2D eigenvalue weighted by atomic mass is 16.5. The van der Waals surface area contributed by atoms with Crippen molar-refractivity contribution in [1.29, 1.82) is 0 Å². The minimum atomic E-state index is -1.02. The van der Waals surface area contributed by atoms with E-state index in [0.717, 1.165) is 25.7 Å². The third-order valence-corrected chi connectivity index (χ3v) is 5.19. The Balaban J connectivity index is 2.08. The number of carbonyl (C=O) groups is 3. The Hall–Kier alpha value is -1.63. The molecule has 7 nitrogen and oxygen atoms in total. The van der Waals surface area contributed by atoms with Crippen LogP contribution in [0.4, 0.5) is 0 Å². The first-order valence-electron chi connectivity index (χ1n) is 8.68. The Morgan fingerprint density at radius 2 is 1.67 bits per heavy atom. The predicted molar refractivity (Wildman–Crippen MR) is 87.3 cm³/mol. The van der Waals surface area contributed by atoms with Crippen LogP contribution in [-0.4, -0.2) is 71.6 Å². The van der Waals surface area contributed by atoms with Crippen LogP contribution in [0.1, 0.15) is 39.5 Å². The summed E-state index contributed by atoms with van der Waals surface area (Å²) in [7, 11) is 1.48. The number of rotatable bonds is 5. The molecule has 2 aliphatic rings. The lowest BCUT2D eigenvalue weighted by molar-refractivity contribution is -0.159. The lowest BCUT2D eigenvalue weighted by atomic mass is 9.89. The van der Waals surface area contributed by atoms with Crippen LogP contribution in [0.25, 0.3) is 0 Å². The molecule has 1 heterocycles. The van der Waals surface area contributed by atoms with Crippen LogP contribution in [0.3, 0.4) is 0 Å². The summed E-state index contributed by atoms with van der Waals surface area (Å²) in [5.41, 5.74) is 0. The van der Waals surface area contributed by atoms with E-state index in [4.69, 9.17) is 4.74 Å². The molecular formula is C17H28N2O5. The standard InChI is InChI=1S/C17H28N2O5/c1-11-8-18(9-12(2)19(11)14(20)10-24-3)16(21)15(17(22)23)13-6-4-5-7-13/h11-13,15H,4-10H2,1-3H3,(H,22,23). The number of nitrogens with zero attached hydrogens (tertiary/aromatic N) is 2. The number of methoxy groups -OCH3 is 1. The van der Waals surface area contributed by atoms with Gasteiger partial charge in [-0.1, -0.05) is 12.8 Å². The highest BCUT2D eigenvalue weighted by Crippen LogP contribution is 2.33. The molecule has 2 amide bonds. The number of ether oxygens (including phenoxy) is 1. The summed E-state index contributed by atoms with van der Waals surface area (Å²) < 4.78 is 4.92. The van der Waals surface area contributed by atoms with Gasteiger partial charge < -0.3 is 19.6 Å². The van der Waals surface area contributed by atoms with Crippen LogP contribution >= 0.6 is 0 Å². The highest BCUT2D eigenvalue weighted by molar-refractivity contribution is 5.97. The summed E-state index contributed by atoms with van der Waals surface area (Å²) >= 11 is 0. The second kappa shape index (κ2) is 7.96. The molecule has 7 heteroatoms. The molecule has 1 saturated heterocycles. The maximum absolute atomic E-state index is 12.8. The Bertz CT molecular complexity index is 477. The summed E-state index contributed by atoms with van der Waals surface area (Å²) in [5.74, 6) is -2.44. The van der Waals surface area contributed by atoms with Crippen molar-refractivity contribution in [1.82, 2.24) is 9.80 Å². The normalized spacial score (nSPS) is 26.5. The lowest BCUT2D eigenvalue weighted by Gasteiger charge is -2.45. The number of carbonyl (C=O) groups excluding carboxylic acids is 2. The first kappa shape index (κ1) is 18.7. The maximum atomic E-state index is 12.8. The number of piperazine rings is 1. The maximum Gasteiger partial charge on any atom is 0.316 e. The number of hydrogen-bond acceptors (Lipinski definition) is 4. The fourth-order valence-electron chi connectivity index (χ4n) is 4.19. The van der Waals surface area contributed by atoms with Crippen LogP contribution in [-0.2, 0) is 19.1 Å². The van der Waals surface area contributed by atoms with E-state index >= 15 is 0 Å². The van der Waals surface area contributed by atoms with Crippen molar-refractivity contribution in [2.24, 2.45) is 11.8 Å². The number of amides is 2. The molecule has 1 N–H and O–H groups in total. The van der Waals surface area contributed by atoms with Crippen LogP contribution < -0.4 is 0 Å². The van der Waals surface area contributed by atoms with Crippen LogP contribution in [0, 0.1) is 11.8 Å². The molecule has 0 radical (unpaired) electrons. The van der Waals surface area contributed by atoms with Gasteiger partial charge >= 0.3 is 5.97 Å². The molecule has 0 bridgehead atoms. The fourth-order valence-corrected chi connectivity index (χ4v) is 4.19. The largest absolute Gasteiger partial charge is 0.481 e. The SMILES string of the molecule is COCC(=O)N1C(C)CN(C(=O)C(C(=O)O)C2CCCC2)CC1C. The zero-order valence-electron chi connectivity index (χ0n) is 14.7. The van der Waals surface area contributed by atoms with Crippen molar-refractivity contribution in [3.8, 4) is 0 Å². The predicted octanol–water partition coefficient (Wildman–Crippen LogP) is 0.972. The van der Waals surface area contributed by atoms with Gasteiger partial charge in [-0.2, -0.15) is 0 Å².